The third-order valence-corrected chi connectivity index (χ3v) is 13.1. The summed E-state index contributed by atoms with van der Waals surface area (Å²) in [6.07, 6.45) is 9.66. The molecule has 8 aromatic rings. The number of rotatable bonds is 20. The van der Waals surface area contributed by atoms with Crippen LogP contribution in [0.2, 0.25) is 5.15 Å². The maximum Gasteiger partial charge on any atom is 0.332 e. The Kier molecular flexibility index (Phi) is 49.7. The lowest BCUT2D eigenvalue weighted by Crippen LogP contribution is -2.14. The number of nitrogens with two attached hydrogens (primary N) is 3. The number of hydrogen-bond donors (Lipinski definition) is 10. The summed E-state index contributed by atoms with van der Waals surface area (Å²) in [7, 11) is 0. The van der Waals surface area contributed by atoms with Crippen molar-refractivity contribution in [3.05, 3.63) is 163 Å². The van der Waals surface area contributed by atoms with Gasteiger partial charge in [-0.1, -0.05) is 60.3 Å². The van der Waals surface area contributed by atoms with Crippen molar-refractivity contribution in [3.8, 4) is 34.9 Å². The van der Waals surface area contributed by atoms with Crippen LogP contribution in [0, 0.1) is 69.6 Å². The van der Waals surface area contributed by atoms with Crippen LogP contribution >= 0.6 is 58.2 Å². The Balaban J connectivity index is 0.00000125. The van der Waals surface area contributed by atoms with Crippen molar-refractivity contribution in [2.24, 2.45) is 17.2 Å². The van der Waals surface area contributed by atoms with Gasteiger partial charge in [0.25, 0.3) is 0 Å². The highest BCUT2D eigenvalue weighted by molar-refractivity contribution is 14.1. The molecule has 109 heavy (non-hydrogen) atoms. The minimum atomic E-state index is -0.412. The second kappa shape index (κ2) is 54.6. The summed E-state index contributed by atoms with van der Waals surface area (Å²) in [4.78, 5) is 65.6. The number of halogens is 2. The number of pyridine rings is 6. The molecular weight excluding hydrogens is 1550 g/mol. The molecule has 0 saturated carbocycles. The molecule has 0 radical (unpaired) electrons. The van der Waals surface area contributed by atoms with Crippen molar-refractivity contribution in [2.75, 3.05) is 39.4 Å². The topological polar surface area (TPSA) is 429 Å². The molecule has 0 fully saturated rings. The van der Waals surface area contributed by atoms with Gasteiger partial charge >= 0.3 is 11.9 Å². The highest BCUT2D eigenvalue weighted by Crippen LogP contribution is 2.22. The van der Waals surface area contributed by atoms with E-state index in [1.165, 1.54) is 47.2 Å². The highest BCUT2D eigenvalue weighted by Gasteiger charge is 2.12. The number of thiocarbonyl (C=S) groups is 1. The van der Waals surface area contributed by atoms with E-state index in [4.69, 9.17) is 65.5 Å². The maximum atomic E-state index is 11.5. The van der Waals surface area contributed by atoms with Crippen LogP contribution in [-0.2, 0) is 23.9 Å². The number of aldehydes is 1. The van der Waals surface area contributed by atoms with Crippen LogP contribution in [0.4, 0.5) is 29.1 Å². The Morgan fingerprint density at radius 1 is 0.606 bits per heavy atom. The van der Waals surface area contributed by atoms with Crippen LogP contribution in [0.5, 0.6) is 0 Å². The van der Waals surface area contributed by atoms with Gasteiger partial charge in [0.15, 0.2) is 11.6 Å². The number of nitrogens with one attached hydrogen (secondary N) is 7. The number of anilines is 5. The van der Waals surface area contributed by atoms with E-state index < -0.39 is 5.97 Å². The Bertz CT molecular complexity index is 4190. The third-order valence-electron chi connectivity index (χ3n) is 11.7. The number of thioether (sulfide) groups is 1. The zero-order valence-electron chi connectivity index (χ0n) is 67.0. The fourth-order valence-corrected chi connectivity index (χ4v) is 9.18. The number of hydrogen-bond acceptors (Lipinski definition) is 27. The molecule has 0 atom stereocenters. The molecule has 0 aromatic carbocycles. The highest BCUT2D eigenvalue weighted by atomic mass is 127. The van der Waals surface area contributed by atoms with Crippen molar-refractivity contribution >= 4 is 122 Å². The average molecular weight is 1670 g/mol. The van der Waals surface area contributed by atoms with E-state index >= 15 is 0 Å². The number of carbonyl (C=O) groups excluding carboxylic acids is 3. The number of nitriles is 2. The maximum absolute atomic E-state index is 11.5. The van der Waals surface area contributed by atoms with Gasteiger partial charge in [-0.3, -0.25) is 10.5 Å². The SMILES string of the molecule is CC(C)N.CC(C)OC(=O)/C=C\I.CSC(=N)c1cc(C)nc(NC(C)C)c1.Cc1cc(-c2ncn(/C=C\C(=O)OC(C)C)n2)cc(NC(C)C)n1.Cc1cc(-c2ncn[nH]2)cc(NC(C)C)n1.Cc1cc(C#N)cc(Cl)n1.Cc1cc(C#N)cc(NC(C)C)n1.Cc1cc(C(N)=S)cc(NC(C)C)n1.NCC=O. The lowest BCUT2D eigenvalue weighted by molar-refractivity contribution is -0.142. The second-order valence-corrected chi connectivity index (χ2v) is 28.3. The van der Waals surface area contributed by atoms with Crippen LogP contribution < -0.4 is 43.8 Å². The quantitative estimate of drug-likeness (QED) is 0.00495. The smallest absolute Gasteiger partial charge is 0.332 e. The van der Waals surface area contributed by atoms with Gasteiger partial charge in [0.05, 0.1) is 40.5 Å². The van der Waals surface area contributed by atoms with Gasteiger partial charge in [-0.25, -0.2) is 54.1 Å². The number of ether oxygens (including phenoxy) is 2. The molecule has 0 aliphatic carbocycles. The number of carbonyl (C=O) groups is 3. The van der Waals surface area contributed by atoms with Gasteiger partial charge in [0, 0.05) is 112 Å². The van der Waals surface area contributed by atoms with E-state index in [1.807, 2.05) is 160 Å². The van der Waals surface area contributed by atoms with Gasteiger partial charge in [0.2, 0.25) is 0 Å². The number of nitrogens with zero attached hydrogens (tertiary/aromatic N) is 13. The van der Waals surface area contributed by atoms with E-state index in [2.05, 4.69) is 149 Å². The second-order valence-electron chi connectivity index (χ2n) is 26.0. The predicted octanol–water partition coefficient (Wildman–Crippen LogP) is 15.0. The summed E-state index contributed by atoms with van der Waals surface area (Å²) in [5, 5.41) is 53.1. The molecule has 28 nitrogen and oxygen atoms in total. The van der Waals surface area contributed by atoms with Crippen LogP contribution in [0.25, 0.3) is 29.0 Å². The van der Waals surface area contributed by atoms with Crippen LogP contribution in [0.3, 0.4) is 0 Å². The van der Waals surface area contributed by atoms with Crippen LogP contribution in [0.1, 0.15) is 167 Å². The summed E-state index contributed by atoms with van der Waals surface area (Å²) in [5.41, 5.74) is 25.5. The summed E-state index contributed by atoms with van der Waals surface area (Å²) < 4.78 is 12.9. The van der Waals surface area contributed by atoms with Gasteiger partial charge in [0.1, 0.15) is 58.2 Å². The molecule has 8 aromatic heterocycles. The fourth-order valence-electron chi connectivity index (χ4n) is 8.16. The summed E-state index contributed by atoms with van der Waals surface area (Å²) in [5.74, 6) is 4.72. The minimum absolute atomic E-state index is 0.0231. The van der Waals surface area contributed by atoms with E-state index in [-0.39, 0.29) is 30.8 Å². The van der Waals surface area contributed by atoms with Gasteiger partial charge in [-0.15, -0.1) is 16.9 Å². The molecular formula is C77H111ClIN23O5S2. The third kappa shape index (κ3) is 48.2. The average Bonchev–Trinajstić information content (AvgIpc) is 1.72. The number of aryl methyl sites for hydroxylation is 6. The first-order valence-electron chi connectivity index (χ1n) is 34.8. The lowest BCUT2D eigenvalue weighted by Gasteiger charge is -2.11. The largest absolute Gasteiger partial charge is 0.460 e. The molecule has 32 heteroatoms. The van der Waals surface area contributed by atoms with Crippen molar-refractivity contribution in [3.63, 3.8) is 0 Å². The number of esters is 2. The summed E-state index contributed by atoms with van der Waals surface area (Å²) >= 11 is 13.9. The molecule has 8 heterocycles. The monoisotopic (exact) mass is 1660 g/mol. The molecule has 0 unspecified atom stereocenters. The van der Waals surface area contributed by atoms with Crippen molar-refractivity contribution < 1.29 is 23.9 Å². The fraction of sp³-hybridized carbons (Fsp3) is 0.416. The van der Waals surface area contributed by atoms with Crippen LogP contribution in [0.15, 0.2) is 102 Å². The van der Waals surface area contributed by atoms with Crippen molar-refractivity contribution in [1.82, 2.24) is 59.8 Å². The summed E-state index contributed by atoms with van der Waals surface area (Å²) in [6, 6.07) is 28.2. The summed E-state index contributed by atoms with van der Waals surface area (Å²) in [6.45, 7) is 43.3. The van der Waals surface area contributed by atoms with Gasteiger partial charge in [-0.2, -0.15) is 15.6 Å². The van der Waals surface area contributed by atoms with E-state index in [9.17, 15) is 9.59 Å². The Hall–Kier alpha value is -9.90. The molecule has 13 N–H and O–H groups in total. The molecule has 0 bridgehead atoms. The molecule has 0 amide bonds. The zero-order chi connectivity index (χ0) is 83.0. The minimum Gasteiger partial charge on any atom is -0.460 e. The first-order chi connectivity index (χ1) is 51.1. The normalized spacial score (nSPS) is 10.3. The van der Waals surface area contributed by atoms with Crippen LogP contribution in [-0.4, -0.2) is 149 Å². The van der Waals surface area contributed by atoms with E-state index in [0.717, 1.165) is 91.3 Å². The standard InChI is InChI=1S/C17H23N5O2.C11H15N5.C11H17N3S.C10H15N3S.C10H13N3.C7H5ClN2.C6H9IO2.C3H9N.C2H5NO/c1-11(2)19-15-9-14(8-13(5)20-15)17-18-10-22(21-17)7-6-16(23)24-12(3)4;1-7(2)14-10-5-9(4-8(3)15-10)11-12-6-13-16-11;1-7(2)13-10-6-9(11(12)15-4)5-8(3)14-10;1-6(2)12-9-5-8(10(11)14)4-7(3)13-9;1-7(2)12-10-5-9(6-11)4-8(3)13-10;1-5-2-6(4-9)3-7(8)10-5;1-5(2)9-6(8)3-4-7;1-3(2)4;3-1-2-4/h6-12H,1-5H3,(H,19,20);4-7H,1-3H3,(H,14,15)(H,12,13,16);5-7,12H,1-4H3,(H,13,14);4-6H,1-3H3,(H2,11,14)(H,12,13);4-5,7H,1-3H3,(H,12,13);2-3H,1H3;3-5H,1-2H3;3H,4H2,1-2H3;2H,1,3H2/b7-6-;;;;;;4-3-;;. The van der Waals surface area contributed by atoms with Crippen molar-refractivity contribution in [2.45, 2.75) is 201 Å². The molecule has 590 valence electrons. The molecule has 8 rings (SSSR count). The molecule has 0 saturated heterocycles. The predicted molar refractivity (Wildman–Crippen MR) is 458 cm³/mol. The molecule has 0 spiro atoms. The number of H-pyrrole nitrogens is 1. The first kappa shape index (κ1) is 99.1. The first-order valence-corrected chi connectivity index (χ1v) is 38.1. The van der Waals surface area contributed by atoms with Gasteiger partial charge in [-0.05, 0) is 228 Å². The Labute approximate surface area is 672 Å². The zero-order valence-corrected chi connectivity index (χ0v) is 71.5. The molecule has 0 aliphatic heterocycles. The number of aromatic amines is 1. The molecule has 0 aliphatic rings. The Morgan fingerprint density at radius 2 is 0.982 bits per heavy atom. The Morgan fingerprint density at radius 3 is 1.37 bits per heavy atom. The van der Waals surface area contributed by atoms with Crippen molar-refractivity contribution in [1.29, 1.82) is 15.9 Å². The van der Waals surface area contributed by atoms with E-state index in [0.29, 0.717) is 68.6 Å². The van der Waals surface area contributed by atoms with E-state index in [1.54, 1.807) is 49.4 Å². The lowest BCUT2D eigenvalue weighted by atomic mass is 10.2. The number of aromatic nitrogens is 12. The van der Waals surface area contributed by atoms with Gasteiger partial charge < -0.3 is 58.1 Å².